The van der Waals surface area contributed by atoms with Crippen LogP contribution in [0.2, 0.25) is 0 Å². The normalized spacial score (nSPS) is 0.400. The maximum absolute atomic E-state index is 6.25. The molecule has 0 spiro atoms. The second kappa shape index (κ2) is 46.1. The Morgan fingerprint density at radius 3 is 1.20 bits per heavy atom. The molecule has 3 N–H and O–H groups in total. The van der Waals surface area contributed by atoms with Gasteiger partial charge in [-0.1, -0.05) is 0 Å². The molecule has 0 aromatic rings. The Balaban J connectivity index is -0.00000000167. The summed E-state index contributed by atoms with van der Waals surface area (Å²) in [6.07, 6.45) is 0. The van der Waals surface area contributed by atoms with Crippen molar-refractivity contribution < 1.29 is 68.5 Å². The molecule has 4 heteroatoms. The Kier molecular flexibility index (Phi) is 282. The minimum Gasteiger partial charge on any atom is -0.512 e. The summed E-state index contributed by atoms with van der Waals surface area (Å²) in [5, 5.41) is 6.25. The molecule has 0 aliphatic heterocycles. The van der Waals surface area contributed by atoms with Crippen molar-refractivity contribution in [3.63, 3.8) is 0 Å². The van der Waals surface area contributed by atoms with Crippen molar-refractivity contribution in [1.82, 2.24) is 6.15 Å². The van der Waals surface area contributed by atoms with E-state index in [4.69, 9.17) is 11.8 Å². The molecule has 0 radical (unpaired) electrons. The van der Waals surface area contributed by atoms with Crippen molar-refractivity contribution in [3.05, 3.63) is 6.57 Å². The Bertz CT molecular complexity index is 14.4. The third-order valence-corrected chi connectivity index (χ3v) is 0. The van der Waals surface area contributed by atoms with Gasteiger partial charge in [0, 0.05) is 17.1 Å². The van der Waals surface area contributed by atoms with Gasteiger partial charge >= 0.3 is 51.4 Å². The van der Waals surface area contributed by atoms with Crippen LogP contribution in [0.25, 0.3) is 0 Å². The van der Waals surface area contributed by atoms with Crippen LogP contribution in [0, 0.1) is 11.8 Å². The second-order valence-electron chi connectivity index (χ2n) is 0. The Labute approximate surface area is 84.8 Å². The predicted molar refractivity (Wildman–Crippen MR) is 9.99 cm³/mol. The zero-order valence-corrected chi connectivity index (χ0v) is 7.24. The molecule has 0 heterocycles. The van der Waals surface area contributed by atoms with Gasteiger partial charge in [-0.3, -0.25) is 0 Å². The van der Waals surface area contributed by atoms with Crippen molar-refractivity contribution in [3.8, 4) is 0 Å². The van der Waals surface area contributed by atoms with Crippen LogP contribution in [0.3, 0.4) is 0 Å². The van der Waals surface area contributed by atoms with Crippen LogP contribution in [0.5, 0.6) is 0 Å². The monoisotopic (exact) mass is 138 g/mol. The molecular formula is CH3FeKN2. The number of hydrogen-bond acceptors (Lipinski definition) is 2. The largest absolute Gasteiger partial charge is 1.00 e. The molecule has 2 nitrogen and oxygen atoms in total. The topological polar surface area (TPSA) is 58.8 Å². The molecule has 0 aliphatic carbocycles. The standard InChI is InChI=1S/CN.Fe.K.H3N/c1-2;;;/h;;;1H3/q-1;;+1;. The maximum Gasteiger partial charge on any atom is 1.00 e. The number of rotatable bonds is 0. The van der Waals surface area contributed by atoms with Crippen LogP contribution >= 0.6 is 0 Å². The molecule has 0 saturated heterocycles. The maximum atomic E-state index is 6.25. The van der Waals surface area contributed by atoms with E-state index in [9.17, 15) is 0 Å². The second-order valence-corrected chi connectivity index (χ2v) is 0. The summed E-state index contributed by atoms with van der Waals surface area (Å²) in [4.78, 5) is 0. The third-order valence-electron chi connectivity index (χ3n) is 0. The van der Waals surface area contributed by atoms with E-state index >= 15 is 0 Å². The molecule has 0 aliphatic rings. The summed E-state index contributed by atoms with van der Waals surface area (Å²) >= 11 is 0. The molecule has 26 valence electrons. The van der Waals surface area contributed by atoms with Gasteiger partial charge in [-0.25, -0.2) is 0 Å². The Hall–Kier alpha value is 1.61. The van der Waals surface area contributed by atoms with Crippen LogP contribution in [-0.2, 0) is 17.1 Å². The number of hydrogen-bond donors (Lipinski definition) is 1. The minimum atomic E-state index is 0. The van der Waals surface area contributed by atoms with Crippen molar-refractivity contribution in [2.45, 2.75) is 0 Å². The molecular weight excluding hydrogens is 135 g/mol. The number of nitrogens with zero attached hydrogens (tertiary/aromatic N) is 1. The van der Waals surface area contributed by atoms with Gasteiger partial charge < -0.3 is 18.0 Å². The predicted octanol–water partition coefficient (Wildman–Crippen LogP) is -2.74. The van der Waals surface area contributed by atoms with Crippen molar-refractivity contribution in [2.75, 3.05) is 0 Å². The van der Waals surface area contributed by atoms with Crippen LogP contribution < -0.4 is 57.5 Å². The first-order valence-corrected chi connectivity index (χ1v) is 0.224. The molecule has 0 atom stereocenters. The van der Waals surface area contributed by atoms with E-state index in [0.717, 1.165) is 0 Å². The van der Waals surface area contributed by atoms with Crippen LogP contribution in [0.4, 0.5) is 0 Å². The van der Waals surface area contributed by atoms with E-state index in [0.29, 0.717) is 0 Å². The zero-order chi connectivity index (χ0) is 2.00. The molecule has 5 heavy (non-hydrogen) atoms. The zero-order valence-electron chi connectivity index (χ0n) is 3.01. The van der Waals surface area contributed by atoms with Crippen LogP contribution in [-0.4, -0.2) is 0 Å². The van der Waals surface area contributed by atoms with Gasteiger partial charge in [0.2, 0.25) is 0 Å². The molecule has 0 fully saturated rings. The van der Waals surface area contributed by atoms with Crippen LogP contribution in [0.15, 0.2) is 0 Å². The van der Waals surface area contributed by atoms with E-state index in [1.165, 1.54) is 0 Å². The van der Waals surface area contributed by atoms with Crippen LogP contribution in [0.1, 0.15) is 0 Å². The van der Waals surface area contributed by atoms with E-state index in [1.807, 2.05) is 0 Å². The quantitative estimate of drug-likeness (QED) is 0.291. The summed E-state index contributed by atoms with van der Waals surface area (Å²) in [6, 6.07) is 0. The van der Waals surface area contributed by atoms with Crippen molar-refractivity contribution in [1.29, 1.82) is 5.26 Å². The molecule has 0 bridgehead atoms. The van der Waals surface area contributed by atoms with E-state index in [1.54, 1.807) is 0 Å². The van der Waals surface area contributed by atoms with Gasteiger partial charge in [0.25, 0.3) is 0 Å². The van der Waals surface area contributed by atoms with Gasteiger partial charge in [0.15, 0.2) is 0 Å². The average Bonchev–Trinajstić information content (AvgIpc) is 1.00. The molecule has 0 aromatic heterocycles. The summed E-state index contributed by atoms with van der Waals surface area (Å²) in [6.45, 7) is 4.75. The molecule has 0 saturated carbocycles. The average molecular weight is 138 g/mol. The molecule has 0 aromatic carbocycles. The fraction of sp³-hybridized carbons (Fsp3) is 0. The summed E-state index contributed by atoms with van der Waals surface area (Å²) in [5.74, 6) is 0. The third kappa shape index (κ3) is 28.3. The molecule has 0 unspecified atom stereocenters. The minimum absolute atomic E-state index is 0. The summed E-state index contributed by atoms with van der Waals surface area (Å²) in [7, 11) is 0. The fourth-order valence-corrected chi connectivity index (χ4v) is 0. The summed E-state index contributed by atoms with van der Waals surface area (Å²) in [5.41, 5.74) is 0. The Morgan fingerprint density at radius 1 is 1.20 bits per heavy atom. The smallest absolute Gasteiger partial charge is 0.512 e. The van der Waals surface area contributed by atoms with Gasteiger partial charge in [0.05, 0.1) is 0 Å². The van der Waals surface area contributed by atoms with Gasteiger partial charge in [-0.2, -0.15) is 0 Å². The van der Waals surface area contributed by atoms with E-state index < -0.39 is 0 Å². The van der Waals surface area contributed by atoms with E-state index in [2.05, 4.69) is 0 Å². The van der Waals surface area contributed by atoms with Gasteiger partial charge in [0.1, 0.15) is 0 Å². The fourth-order valence-electron chi connectivity index (χ4n) is 0. The first-order chi connectivity index (χ1) is 1.00. The SMILES string of the molecule is N.[C-]#N.[Fe].[K+]. The molecule has 0 amide bonds. The summed E-state index contributed by atoms with van der Waals surface area (Å²) < 4.78 is 0. The molecule has 0 rings (SSSR count). The van der Waals surface area contributed by atoms with Gasteiger partial charge in [-0.05, 0) is 0 Å². The first-order valence-electron chi connectivity index (χ1n) is 0.224. The van der Waals surface area contributed by atoms with Gasteiger partial charge in [-0.15, -0.1) is 0 Å². The van der Waals surface area contributed by atoms with Crippen molar-refractivity contribution >= 4 is 0 Å². The van der Waals surface area contributed by atoms with E-state index in [-0.39, 0.29) is 74.6 Å². The first kappa shape index (κ1) is 30.6. The Morgan fingerprint density at radius 2 is 1.20 bits per heavy atom. The van der Waals surface area contributed by atoms with Crippen molar-refractivity contribution in [2.24, 2.45) is 0 Å².